The number of rotatable bonds is 4. The fourth-order valence-corrected chi connectivity index (χ4v) is 3.58. The van der Waals surface area contributed by atoms with Crippen molar-refractivity contribution >= 4 is 22.4 Å². The van der Waals surface area contributed by atoms with E-state index in [1.165, 1.54) is 21.8 Å². The van der Waals surface area contributed by atoms with Crippen molar-refractivity contribution in [2.45, 2.75) is 19.9 Å². The van der Waals surface area contributed by atoms with E-state index in [9.17, 15) is 4.79 Å². The minimum Gasteiger partial charge on any atom is -0.375 e. The van der Waals surface area contributed by atoms with Crippen LogP contribution in [0.3, 0.4) is 0 Å². The highest BCUT2D eigenvalue weighted by molar-refractivity contribution is 7.15. The summed E-state index contributed by atoms with van der Waals surface area (Å²) in [5, 5.41) is 0.618. The van der Waals surface area contributed by atoms with Crippen molar-refractivity contribution in [3.8, 4) is 0 Å². The number of hydrogen-bond donors (Lipinski definition) is 1. The molecule has 1 aromatic heterocycles. The number of amides is 1. The lowest BCUT2D eigenvalue weighted by Gasteiger charge is -2.34. The molecule has 1 aliphatic rings. The van der Waals surface area contributed by atoms with E-state index < -0.39 is 0 Å². The first-order chi connectivity index (χ1) is 11.1. The molecule has 0 bridgehead atoms. The summed E-state index contributed by atoms with van der Waals surface area (Å²) in [5.41, 5.74) is 7.97. The molecule has 1 amide bonds. The fourth-order valence-electron chi connectivity index (χ4n) is 2.85. The molecule has 0 spiro atoms. The average molecular weight is 330 g/mol. The van der Waals surface area contributed by atoms with Gasteiger partial charge in [0.2, 0.25) is 5.91 Å². The summed E-state index contributed by atoms with van der Waals surface area (Å²) in [4.78, 5) is 22.1. The monoisotopic (exact) mass is 330 g/mol. The van der Waals surface area contributed by atoms with Crippen LogP contribution in [0.5, 0.6) is 0 Å². The Balaban J connectivity index is 1.50. The molecule has 5 nitrogen and oxygen atoms in total. The lowest BCUT2D eigenvalue weighted by molar-refractivity contribution is -0.132. The van der Waals surface area contributed by atoms with Crippen LogP contribution in [0.15, 0.2) is 30.5 Å². The number of nitrogens with zero attached hydrogens (tertiary/aromatic N) is 3. The summed E-state index contributed by atoms with van der Waals surface area (Å²) >= 11 is 1.54. The average Bonchev–Trinajstić information content (AvgIpc) is 2.95. The van der Waals surface area contributed by atoms with Gasteiger partial charge < -0.3 is 10.6 Å². The smallest absolute Gasteiger partial charge is 0.227 e. The van der Waals surface area contributed by atoms with Crippen LogP contribution in [0, 0.1) is 6.92 Å². The summed E-state index contributed by atoms with van der Waals surface area (Å²) in [6, 6.07) is 8.10. The Kier molecular flexibility index (Phi) is 4.93. The maximum absolute atomic E-state index is 12.5. The third-order valence-electron chi connectivity index (χ3n) is 4.28. The highest BCUT2D eigenvalue weighted by Gasteiger charge is 2.21. The first-order valence-corrected chi connectivity index (χ1v) is 8.68. The summed E-state index contributed by atoms with van der Waals surface area (Å²) < 4.78 is 0. The summed E-state index contributed by atoms with van der Waals surface area (Å²) in [6.07, 6.45) is 2.34. The van der Waals surface area contributed by atoms with Crippen LogP contribution < -0.4 is 5.73 Å². The van der Waals surface area contributed by atoms with Gasteiger partial charge in [0.15, 0.2) is 5.13 Å². The highest BCUT2D eigenvalue weighted by atomic mass is 32.1. The number of carbonyl (C=O) groups is 1. The minimum atomic E-state index is 0.223. The van der Waals surface area contributed by atoms with Gasteiger partial charge in [-0.3, -0.25) is 9.69 Å². The minimum absolute atomic E-state index is 0.223. The number of nitrogen functional groups attached to an aromatic ring is 1. The van der Waals surface area contributed by atoms with Crippen LogP contribution in [-0.4, -0.2) is 46.9 Å². The molecule has 2 aromatic rings. The maximum atomic E-state index is 12.5. The molecular weight excluding hydrogens is 308 g/mol. The number of aromatic nitrogens is 1. The number of piperazine rings is 1. The molecule has 122 valence electrons. The van der Waals surface area contributed by atoms with Gasteiger partial charge in [-0.15, -0.1) is 11.3 Å². The van der Waals surface area contributed by atoms with Gasteiger partial charge in [0.1, 0.15) is 0 Å². The first kappa shape index (κ1) is 16.0. The van der Waals surface area contributed by atoms with E-state index in [4.69, 9.17) is 5.73 Å². The predicted molar refractivity (Wildman–Crippen MR) is 93.3 cm³/mol. The normalized spacial score (nSPS) is 15.8. The number of benzene rings is 1. The van der Waals surface area contributed by atoms with Crippen molar-refractivity contribution < 1.29 is 4.79 Å². The molecule has 1 aliphatic heterocycles. The number of thiazole rings is 1. The lowest BCUT2D eigenvalue weighted by atomic mass is 10.1. The molecule has 1 saturated heterocycles. The number of aryl methyl sites for hydroxylation is 1. The summed E-state index contributed by atoms with van der Waals surface area (Å²) in [5.74, 6) is 0.223. The second-order valence-corrected chi connectivity index (χ2v) is 7.07. The number of nitrogens with two attached hydrogens (primary N) is 1. The number of carbonyl (C=O) groups excluding carboxylic acids is 1. The van der Waals surface area contributed by atoms with Crippen LogP contribution in [0.1, 0.15) is 16.0 Å². The molecule has 23 heavy (non-hydrogen) atoms. The van der Waals surface area contributed by atoms with E-state index in [0.717, 1.165) is 38.3 Å². The van der Waals surface area contributed by atoms with E-state index in [0.29, 0.717) is 11.6 Å². The summed E-state index contributed by atoms with van der Waals surface area (Å²) in [6.45, 7) is 6.31. The summed E-state index contributed by atoms with van der Waals surface area (Å²) in [7, 11) is 0. The molecule has 2 N–H and O–H groups in total. The topological polar surface area (TPSA) is 62.5 Å². The van der Waals surface area contributed by atoms with Gasteiger partial charge in [0.05, 0.1) is 6.42 Å². The van der Waals surface area contributed by atoms with Crippen LogP contribution in [-0.2, 0) is 17.8 Å². The molecule has 0 unspecified atom stereocenters. The Hall–Kier alpha value is -1.92. The third-order valence-corrected chi connectivity index (χ3v) is 5.09. The predicted octanol–water partition coefficient (Wildman–Crippen LogP) is 1.92. The van der Waals surface area contributed by atoms with Crippen molar-refractivity contribution in [1.82, 2.24) is 14.8 Å². The molecule has 1 fully saturated rings. The Bertz CT molecular complexity index is 677. The fraction of sp³-hybridized carbons (Fsp3) is 0.412. The van der Waals surface area contributed by atoms with E-state index in [1.54, 1.807) is 0 Å². The Morgan fingerprint density at radius 2 is 2.00 bits per heavy atom. The molecule has 0 radical (unpaired) electrons. The van der Waals surface area contributed by atoms with Gasteiger partial charge in [-0.05, 0) is 18.1 Å². The number of anilines is 1. The SMILES string of the molecule is Cc1ccccc1CC(=O)N1CCN(Cc2cnc(N)s2)CC1. The van der Waals surface area contributed by atoms with E-state index in [2.05, 4.69) is 22.9 Å². The van der Waals surface area contributed by atoms with Gasteiger partial charge in [0.25, 0.3) is 0 Å². The van der Waals surface area contributed by atoms with Crippen LogP contribution in [0.4, 0.5) is 5.13 Å². The van der Waals surface area contributed by atoms with Crippen LogP contribution in [0.25, 0.3) is 0 Å². The van der Waals surface area contributed by atoms with Gasteiger partial charge >= 0.3 is 0 Å². The Morgan fingerprint density at radius 3 is 2.65 bits per heavy atom. The molecule has 0 atom stereocenters. The largest absolute Gasteiger partial charge is 0.375 e. The Morgan fingerprint density at radius 1 is 1.26 bits per heavy atom. The highest BCUT2D eigenvalue weighted by Crippen LogP contribution is 2.18. The first-order valence-electron chi connectivity index (χ1n) is 7.86. The quantitative estimate of drug-likeness (QED) is 0.930. The third kappa shape index (κ3) is 4.09. The maximum Gasteiger partial charge on any atom is 0.227 e. The van der Waals surface area contributed by atoms with Crippen LogP contribution >= 0.6 is 11.3 Å². The molecular formula is C17H22N4OS. The molecule has 1 aromatic carbocycles. The molecule has 6 heteroatoms. The van der Waals surface area contributed by atoms with Crippen molar-refractivity contribution in [2.75, 3.05) is 31.9 Å². The second kappa shape index (κ2) is 7.10. The molecule has 3 rings (SSSR count). The molecule has 0 aliphatic carbocycles. The zero-order valence-electron chi connectivity index (χ0n) is 13.4. The van der Waals surface area contributed by atoms with Crippen molar-refractivity contribution in [3.05, 3.63) is 46.5 Å². The standard InChI is InChI=1S/C17H22N4OS/c1-13-4-2-3-5-14(13)10-16(22)21-8-6-20(7-9-21)12-15-11-19-17(18)23-15/h2-5,11H,6-10,12H2,1H3,(H2,18,19). The zero-order valence-corrected chi connectivity index (χ0v) is 14.2. The zero-order chi connectivity index (χ0) is 16.2. The van der Waals surface area contributed by atoms with Gasteiger partial charge in [0, 0.05) is 43.8 Å². The number of hydrogen-bond acceptors (Lipinski definition) is 5. The van der Waals surface area contributed by atoms with Crippen LogP contribution in [0.2, 0.25) is 0 Å². The van der Waals surface area contributed by atoms with Crippen molar-refractivity contribution in [2.24, 2.45) is 0 Å². The van der Waals surface area contributed by atoms with E-state index >= 15 is 0 Å². The van der Waals surface area contributed by atoms with E-state index in [-0.39, 0.29) is 5.91 Å². The van der Waals surface area contributed by atoms with Crippen molar-refractivity contribution in [1.29, 1.82) is 0 Å². The molecule has 2 heterocycles. The second-order valence-electron chi connectivity index (χ2n) is 5.93. The van der Waals surface area contributed by atoms with Gasteiger partial charge in [-0.2, -0.15) is 0 Å². The molecule has 0 saturated carbocycles. The van der Waals surface area contributed by atoms with Gasteiger partial charge in [-0.25, -0.2) is 4.98 Å². The lowest BCUT2D eigenvalue weighted by Crippen LogP contribution is -2.48. The van der Waals surface area contributed by atoms with E-state index in [1.807, 2.05) is 29.3 Å². The van der Waals surface area contributed by atoms with Gasteiger partial charge in [-0.1, -0.05) is 24.3 Å². The van der Waals surface area contributed by atoms with Crippen molar-refractivity contribution in [3.63, 3.8) is 0 Å². The Labute approximate surface area is 140 Å².